The molecule has 0 fully saturated rings. The van der Waals surface area contributed by atoms with Crippen molar-refractivity contribution in [2.24, 2.45) is 5.41 Å². The number of carboxylic acids is 1. The molecule has 1 unspecified atom stereocenters. The van der Waals surface area contributed by atoms with E-state index in [1.165, 1.54) is 32.1 Å². The predicted octanol–water partition coefficient (Wildman–Crippen LogP) is 4.79. The molecule has 0 aromatic rings. The minimum absolute atomic E-state index is 0.268. The number of carboxylic acid groups (broad SMARTS) is 1. The minimum atomic E-state index is -0.797. The highest BCUT2D eigenvalue weighted by atomic mass is 16.4. The van der Waals surface area contributed by atoms with Crippen LogP contribution in [0.4, 0.5) is 0 Å². The van der Waals surface area contributed by atoms with E-state index in [4.69, 9.17) is 5.11 Å². The summed E-state index contributed by atoms with van der Waals surface area (Å²) in [7, 11) is 0. The lowest BCUT2D eigenvalue weighted by Crippen LogP contribution is -2.14. The highest BCUT2D eigenvalue weighted by Gasteiger charge is 2.20. The summed E-state index contributed by atoms with van der Waals surface area (Å²) in [5.74, 6) is -0.797. The maximum atomic E-state index is 10.7. The Balaban J connectivity index is 4.18. The fraction of sp³-hybridized carbons (Fsp3) is 0.800. The van der Waals surface area contributed by atoms with E-state index >= 15 is 0 Å². The molecule has 2 nitrogen and oxygen atoms in total. The van der Waals surface area contributed by atoms with Crippen molar-refractivity contribution in [1.29, 1.82) is 0 Å². The summed E-state index contributed by atoms with van der Waals surface area (Å²) >= 11 is 0. The second kappa shape index (κ2) is 8.32. The molecule has 0 saturated carbocycles. The van der Waals surface area contributed by atoms with E-state index in [2.05, 4.69) is 20.8 Å². The van der Waals surface area contributed by atoms with Gasteiger partial charge in [-0.25, -0.2) is 4.79 Å². The van der Waals surface area contributed by atoms with Gasteiger partial charge >= 0.3 is 5.97 Å². The third kappa shape index (κ3) is 7.19. The summed E-state index contributed by atoms with van der Waals surface area (Å²) in [5.41, 5.74) is 0.739. The Bertz CT molecular complexity index is 256. The summed E-state index contributed by atoms with van der Waals surface area (Å²) < 4.78 is 0. The number of hydrogen-bond donors (Lipinski definition) is 1. The third-order valence-corrected chi connectivity index (χ3v) is 3.73. The van der Waals surface area contributed by atoms with Gasteiger partial charge in [-0.2, -0.15) is 0 Å². The van der Waals surface area contributed by atoms with E-state index in [0.29, 0.717) is 5.57 Å². The predicted molar refractivity (Wildman–Crippen MR) is 73.2 cm³/mol. The molecule has 0 heterocycles. The smallest absolute Gasteiger partial charge is 0.330 e. The molecular weight excluding hydrogens is 212 g/mol. The molecule has 0 aliphatic heterocycles. The fourth-order valence-corrected chi connectivity index (χ4v) is 1.89. The number of aliphatic carboxylic acids is 1. The standard InChI is InChI=1S/C15H28O2/c1-5-7-8-9-11-15(4,6-2)12-10-13(3)14(16)17/h10H,5-9,11-12H2,1-4H3,(H,16,17)/b13-10+. The van der Waals surface area contributed by atoms with Crippen molar-refractivity contribution < 1.29 is 9.90 Å². The summed E-state index contributed by atoms with van der Waals surface area (Å²) in [6, 6.07) is 0. The Morgan fingerprint density at radius 1 is 1.24 bits per heavy atom. The quantitative estimate of drug-likeness (QED) is 0.464. The van der Waals surface area contributed by atoms with Crippen LogP contribution in [0.1, 0.15) is 72.6 Å². The van der Waals surface area contributed by atoms with Crippen LogP contribution >= 0.6 is 0 Å². The second-order valence-electron chi connectivity index (χ2n) is 5.37. The molecule has 2 heteroatoms. The van der Waals surface area contributed by atoms with Crippen LogP contribution in [-0.4, -0.2) is 11.1 Å². The van der Waals surface area contributed by atoms with E-state index in [0.717, 1.165) is 12.8 Å². The molecule has 0 aromatic heterocycles. The molecule has 0 spiro atoms. The largest absolute Gasteiger partial charge is 0.478 e. The molecule has 0 bridgehead atoms. The summed E-state index contributed by atoms with van der Waals surface area (Å²) in [6.45, 7) is 8.36. The van der Waals surface area contributed by atoms with Crippen LogP contribution in [-0.2, 0) is 4.79 Å². The van der Waals surface area contributed by atoms with Crippen LogP contribution in [0.2, 0.25) is 0 Å². The SMILES string of the molecule is CCCCCCC(C)(CC)C/C=C(\C)C(=O)O. The molecule has 0 radical (unpaired) electrons. The van der Waals surface area contributed by atoms with Crippen molar-refractivity contribution in [3.05, 3.63) is 11.6 Å². The van der Waals surface area contributed by atoms with Crippen LogP contribution in [0.3, 0.4) is 0 Å². The zero-order valence-corrected chi connectivity index (χ0v) is 11.9. The van der Waals surface area contributed by atoms with Gasteiger partial charge in [0.15, 0.2) is 0 Å². The Morgan fingerprint density at radius 2 is 1.88 bits per heavy atom. The van der Waals surface area contributed by atoms with Crippen molar-refractivity contribution in [2.75, 3.05) is 0 Å². The summed E-state index contributed by atoms with van der Waals surface area (Å²) in [6.07, 6.45) is 10.2. The Morgan fingerprint density at radius 3 is 2.35 bits per heavy atom. The van der Waals surface area contributed by atoms with Crippen molar-refractivity contribution in [2.45, 2.75) is 72.6 Å². The van der Waals surface area contributed by atoms with Gasteiger partial charge in [0.25, 0.3) is 0 Å². The lowest BCUT2D eigenvalue weighted by atomic mass is 9.78. The van der Waals surface area contributed by atoms with Crippen molar-refractivity contribution in [3.8, 4) is 0 Å². The van der Waals surface area contributed by atoms with Gasteiger partial charge in [0.2, 0.25) is 0 Å². The van der Waals surface area contributed by atoms with Crippen LogP contribution in [0.5, 0.6) is 0 Å². The molecule has 0 aromatic carbocycles. The molecule has 1 atom stereocenters. The highest BCUT2D eigenvalue weighted by molar-refractivity contribution is 5.85. The molecule has 100 valence electrons. The van der Waals surface area contributed by atoms with Gasteiger partial charge in [0.1, 0.15) is 0 Å². The third-order valence-electron chi connectivity index (χ3n) is 3.73. The second-order valence-corrected chi connectivity index (χ2v) is 5.37. The van der Waals surface area contributed by atoms with Gasteiger partial charge in [0, 0.05) is 5.57 Å². The van der Waals surface area contributed by atoms with Crippen LogP contribution in [0, 0.1) is 5.41 Å². The molecular formula is C15H28O2. The van der Waals surface area contributed by atoms with E-state index in [1.807, 2.05) is 6.08 Å². The average Bonchev–Trinajstić information content (AvgIpc) is 2.31. The molecule has 0 aliphatic carbocycles. The van der Waals surface area contributed by atoms with E-state index in [-0.39, 0.29) is 5.41 Å². The van der Waals surface area contributed by atoms with Gasteiger partial charge in [-0.05, 0) is 25.2 Å². The first-order valence-corrected chi connectivity index (χ1v) is 6.85. The number of unbranched alkanes of at least 4 members (excludes halogenated alkanes) is 3. The van der Waals surface area contributed by atoms with Crippen LogP contribution in [0.15, 0.2) is 11.6 Å². The molecule has 17 heavy (non-hydrogen) atoms. The van der Waals surface area contributed by atoms with Gasteiger partial charge in [0.05, 0.1) is 0 Å². The lowest BCUT2D eigenvalue weighted by molar-refractivity contribution is -0.132. The molecule has 0 aliphatic rings. The number of allylic oxidation sites excluding steroid dienone is 1. The van der Waals surface area contributed by atoms with Gasteiger partial charge < -0.3 is 5.11 Å². The zero-order chi connectivity index (χ0) is 13.3. The van der Waals surface area contributed by atoms with E-state index in [1.54, 1.807) is 6.92 Å². The first kappa shape index (κ1) is 16.2. The highest BCUT2D eigenvalue weighted by Crippen LogP contribution is 2.33. The van der Waals surface area contributed by atoms with Crippen LogP contribution < -0.4 is 0 Å². The van der Waals surface area contributed by atoms with E-state index < -0.39 is 5.97 Å². The Kier molecular flexibility index (Phi) is 7.94. The molecule has 0 saturated heterocycles. The maximum absolute atomic E-state index is 10.7. The van der Waals surface area contributed by atoms with E-state index in [9.17, 15) is 4.79 Å². The molecule has 0 rings (SSSR count). The topological polar surface area (TPSA) is 37.3 Å². The molecule has 0 amide bonds. The Hall–Kier alpha value is -0.790. The van der Waals surface area contributed by atoms with Crippen molar-refractivity contribution in [1.82, 2.24) is 0 Å². The van der Waals surface area contributed by atoms with Crippen molar-refractivity contribution >= 4 is 5.97 Å². The summed E-state index contributed by atoms with van der Waals surface area (Å²) in [4.78, 5) is 10.7. The van der Waals surface area contributed by atoms with Crippen LogP contribution in [0.25, 0.3) is 0 Å². The minimum Gasteiger partial charge on any atom is -0.478 e. The lowest BCUT2D eigenvalue weighted by Gasteiger charge is -2.27. The van der Waals surface area contributed by atoms with Gasteiger partial charge in [-0.15, -0.1) is 0 Å². The number of hydrogen-bond acceptors (Lipinski definition) is 1. The number of rotatable bonds is 9. The zero-order valence-electron chi connectivity index (χ0n) is 11.9. The monoisotopic (exact) mass is 240 g/mol. The number of carbonyl (C=O) groups is 1. The van der Waals surface area contributed by atoms with Crippen molar-refractivity contribution in [3.63, 3.8) is 0 Å². The van der Waals surface area contributed by atoms with Gasteiger partial charge in [-0.3, -0.25) is 0 Å². The Labute approximate surface area is 106 Å². The first-order chi connectivity index (χ1) is 7.95. The average molecular weight is 240 g/mol. The first-order valence-electron chi connectivity index (χ1n) is 6.85. The van der Waals surface area contributed by atoms with Gasteiger partial charge in [-0.1, -0.05) is 59.0 Å². The molecule has 1 N–H and O–H groups in total. The normalized spacial score (nSPS) is 15.6. The summed E-state index contributed by atoms with van der Waals surface area (Å²) in [5, 5.41) is 8.83. The maximum Gasteiger partial charge on any atom is 0.330 e. The fourth-order valence-electron chi connectivity index (χ4n) is 1.89.